The summed E-state index contributed by atoms with van der Waals surface area (Å²) in [5, 5.41) is 0. The van der Waals surface area contributed by atoms with Crippen molar-refractivity contribution in [3.63, 3.8) is 0 Å². The van der Waals surface area contributed by atoms with E-state index in [1.807, 2.05) is 29.0 Å². The number of hydrogen-bond donors (Lipinski definition) is 2. The molecule has 10 nitrogen and oxygen atoms in total. The first-order valence-electron chi connectivity index (χ1n) is 10.9. The summed E-state index contributed by atoms with van der Waals surface area (Å²) in [6.45, 7) is 0.669. The van der Waals surface area contributed by atoms with E-state index >= 15 is 0 Å². The summed E-state index contributed by atoms with van der Waals surface area (Å²) in [6, 6.07) is 7.90. The van der Waals surface area contributed by atoms with E-state index in [1.165, 1.54) is 11.9 Å². The zero-order valence-electron chi connectivity index (χ0n) is 18.4. The van der Waals surface area contributed by atoms with Gasteiger partial charge in [0, 0.05) is 12.1 Å². The third kappa shape index (κ3) is 5.41. The summed E-state index contributed by atoms with van der Waals surface area (Å²) >= 11 is 0. The number of nitrogen functional groups attached to an aromatic ring is 1. The van der Waals surface area contributed by atoms with Crippen LogP contribution in [0.25, 0.3) is 0 Å². The normalized spacial score (nSPS) is 21.0. The lowest BCUT2D eigenvalue weighted by Crippen LogP contribution is -2.32. The van der Waals surface area contributed by atoms with E-state index < -0.39 is 15.9 Å². The number of amides is 2. The monoisotopic (exact) mass is 473 g/mol. The van der Waals surface area contributed by atoms with E-state index in [9.17, 15) is 18.0 Å². The van der Waals surface area contributed by atoms with Crippen LogP contribution in [0.2, 0.25) is 0 Å². The standard InChI is InChI=1S/C22H27N5O5S/c1-33(30,31)26-18(28)12-14-2-4-15(5-3-14)16-6-8-17(9-7-16)27-10-11-32-21-19(22(27)29)20(23)24-13-25-21/h6-9,13-15H,2-5,10-12H2,1H3,(H,26,28)(H2,23,24,25)/t14-,15-. The minimum Gasteiger partial charge on any atom is -0.475 e. The predicted molar refractivity (Wildman–Crippen MR) is 122 cm³/mol. The molecule has 176 valence electrons. The molecule has 1 aromatic heterocycles. The van der Waals surface area contributed by atoms with Crippen LogP contribution in [-0.2, 0) is 14.8 Å². The van der Waals surface area contributed by atoms with E-state index in [0.29, 0.717) is 19.1 Å². The largest absolute Gasteiger partial charge is 0.475 e. The van der Waals surface area contributed by atoms with E-state index in [-0.39, 0.29) is 35.5 Å². The van der Waals surface area contributed by atoms with Crippen LogP contribution in [0.3, 0.4) is 0 Å². The Morgan fingerprint density at radius 2 is 1.88 bits per heavy atom. The second-order valence-corrected chi connectivity index (χ2v) is 10.3. The number of ether oxygens (including phenoxy) is 1. The molecular formula is C22H27N5O5S. The van der Waals surface area contributed by atoms with Crippen LogP contribution < -0.4 is 20.1 Å². The number of hydrogen-bond acceptors (Lipinski definition) is 8. The van der Waals surface area contributed by atoms with Crippen molar-refractivity contribution < 1.29 is 22.7 Å². The molecule has 1 fully saturated rings. The number of nitrogens with two attached hydrogens (primary N) is 1. The Hall–Kier alpha value is -3.21. The Balaban J connectivity index is 1.39. The smallest absolute Gasteiger partial charge is 0.267 e. The van der Waals surface area contributed by atoms with Gasteiger partial charge in [0.2, 0.25) is 21.8 Å². The number of rotatable bonds is 5. The molecule has 1 aromatic carbocycles. The number of aromatic nitrogens is 2. The van der Waals surface area contributed by atoms with E-state index in [0.717, 1.165) is 37.6 Å². The van der Waals surface area contributed by atoms with Crippen molar-refractivity contribution in [2.45, 2.75) is 38.0 Å². The Labute approximate surface area is 192 Å². The highest BCUT2D eigenvalue weighted by molar-refractivity contribution is 7.89. The molecule has 2 aromatic rings. The third-order valence-corrected chi connectivity index (χ3v) is 6.75. The molecule has 3 N–H and O–H groups in total. The van der Waals surface area contributed by atoms with Crippen LogP contribution in [0.4, 0.5) is 11.5 Å². The SMILES string of the molecule is CS(=O)(=O)NC(=O)C[C@H]1CC[C@H](c2ccc(N3CCOc4ncnc(N)c4C3=O)cc2)CC1. The molecule has 0 radical (unpaired) electrons. The van der Waals surface area contributed by atoms with Gasteiger partial charge < -0.3 is 15.4 Å². The van der Waals surface area contributed by atoms with Crippen LogP contribution in [0.5, 0.6) is 5.88 Å². The first-order valence-corrected chi connectivity index (χ1v) is 12.8. The van der Waals surface area contributed by atoms with Gasteiger partial charge in [-0.05, 0) is 55.2 Å². The van der Waals surface area contributed by atoms with Crippen molar-refractivity contribution in [3.8, 4) is 5.88 Å². The van der Waals surface area contributed by atoms with Crippen molar-refractivity contribution in [1.29, 1.82) is 0 Å². The van der Waals surface area contributed by atoms with Gasteiger partial charge >= 0.3 is 0 Å². The van der Waals surface area contributed by atoms with Gasteiger partial charge in [-0.3, -0.25) is 14.3 Å². The maximum absolute atomic E-state index is 13.1. The number of benzene rings is 1. The topological polar surface area (TPSA) is 145 Å². The Kier molecular flexibility index (Phi) is 6.50. The second kappa shape index (κ2) is 9.34. The van der Waals surface area contributed by atoms with Gasteiger partial charge in [0.25, 0.3) is 5.91 Å². The number of fused-ring (bicyclic) bond motifs is 1. The van der Waals surface area contributed by atoms with Crippen LogP contribution >= 0.6 is 0 Å². The number of anilines is 2. The maximum atomic E-state index is 13.1. The molecule has 0 bridgehead atoms. The number of nitrogens with zero attached hydrogens (tertiary/aromatic N) is 3. The maximum Gasteiger partial charge on any atom is 0.267 e. The predicted octanol–water partition coefficient (Wildman–Crippen LogP) is 1.84. The molecule has 2 amide bonds. The van der Waals surface area contributed by atoms with Crippen LogP contribution in [0.1, 0.15) is 53.9 Å². The molecule has 2 heterocycles. The van der Waals surface area contributed by atoms with Gasteiger partial charge in [0.15, 0.2) is 0 Å². The van der Waals surface area contributed by atoms with Gasteiger partial charge in [0.1, 0.15) is 24.3 Å². The molecule has 0 spiro atoms. The van der Waals surface area contributed by atoms with Crippen LogP contribution in [0.15, 0.2) is 30.6 Å². The van der Waals surface area contributed by atoms with E-state index in [1.54, 1.807) is 4.90 Å². The summed E-state index contributed by atoms with van der Waals surface area (Å²) in [7, 11) is -3.52. The van der Waals surface area contributed by atoms with Crippen molar-refractivity contribution in [2.75, 3.05) is 30.0 Å². The van der Waals surface area contributed by atoms with Crippen molar-refractivity contribution in [1.82, 2.24) is 14.7 Å². The van der Waals surface area contributed by atoms with E-state index in [2.05, 4.69) is 9.97 Å². The summed E-state index contributed by atoms with van der Waals surface area (Å²) < 4.78 is 30.0. The minimum absolute atomic E-state index is 0.0931. The number of carbonyl (C=O) groups is 2. The molecule has 0 atom stereocenters. The first-order chi connectivity index (χ1) is 15.7. The highest BCUT2D eigenvalue weighted by Gasteiger charge is 2.29. The first kappa shape index (κ1) is 23.0. The molecule has 1 saturated carbocycles. The molecular weight excluding hydrogens is 446 g/mol. The Morgan fingerprint density at radius 1 is 1.18 bits per heavy atom. The third-order valence-electron chi connectivity index (χ3n) is 6.15. The number of carbonyl (C=O) groups excluding carboxylic acids is 2. The second-order valence-electron chi connectivity index (χ2n) is 8.56. The highest BCUT2D eigenvalue weighted by Crippen LogP contribution is 2.38. The minimum atomic E-state index is -3.52. The molecule has 33 heavy (non-hydrogen) atoms. The average molecular weight is 474 g/mol. The zero-order chi connectivity index (χ0) is 23.6. The zero-order valence-corrected chi connectivity index (χ0v) is 19.2. The van der Waals surface area contributed by atoms with Gasteiger partial charge in [-0.25, -0.2) is 18.4 Å². The highest BCUT2D eigenvalue weighted by atomic mass is 32.2. The summed E-state index contributed by atoms with van der Waals surface area (Å²) in [6.07, 6.45) is 6.06. The quantitative estimate of drug-likeness (QED) is 0.669. The molecule has 0 unspecified atom stereocenters. The number of sulfonamides is 1. The molecule has 1 aliphatic heterocycles. The fourth-order valence-corrected chi connectivity index (χ4v) is 5.04. The fourth-order valence-electron chi connectivity index (χ4n) is 4.55. The van der Waals surface area contributed by atoms with E-state index in [4.69, 9.17) is 10.5 Å². The van der Waals surface area contributed by atoms with Crippen molar-refractivity contribution in [3.05, 3.63) is 41.7 Å². The van der Waals surface area contributed by atoms with Gasteiger partial charge in [-0.15, -0.1) is 0 Å². The Morgan fingerprint density at radius 3 is 2.55 bits per heavy atom. The van der Waals surface area contributed by atoms with Gasteiger partial charge in [0.05, 0.1) is 12.8 Å². The van der Waals surface area contributed by atoms with Crippen molar-refractivity contribution >= 4 is 33.3 Å². The lowest BCUT2D eigenvalue weighted by atomic mass is 9.77. The molecule has 4 rings (SSSR count). The lowest BCUT2D eigenvalue weighted by molar-refractivity contribution is -0.120. The summed E-state index contributed by atoms with van der Waals surface area (Å²) in [5.74, 6) is 0.111. The fraction of sp³-hybridized carbons (Fsp3) is 0.455. The number of nitrogens with one attached hydrogen (secondary N) is 1. The lowest BCUT2D eigenvalue weighted by Gasteiger charge is -2.29. The Bertz CT molecular complexity index is 1140. The summed E-state index contributed by atoms with van der Waals surface area (Å²) in [4.78, 5) is 34.5. The van der Waals surface area contributed by atoms with Gasteiger partial charge in [-0.1, -0.05) is 12.1 Å². The van der Waals surface area contributed by atoms with Crippen LogP contribution in [0, 0.1) is 5.92 Å². The van der Waals surface area contributed by atoms with Crippen LogP contribution in [-0.4, -0.2) is 49.6 Å². The van der Waals surface area contributed by atoms with Gasteiger partial charge in [-0.2, -0.15) is 0 Å². The van der Waals surface area contributed by atoms with Crippen molar-refractivity contribution in [2.24, 2.45) is 5.92 Å². The summed E-state index contributed by atoms with van der Waals surface area (Å²) in [5.41, 5.74) is 8.00. The molecule has 0 saturated heterocycles. The average Bonchev–Trinajstić information content (AvgIpc) is 2.93. The molecule has 11 heteroatoms. The molecule has 1 aliphatic carbocycles. The molecule has 2 aliphatic rings.